The predicted octanol–water partition coefficient (Wildman–Crippen LogP) is 1.57. The van der Waals surface area contributed by atoms with Gasteiger partial charge in [0.25, 0.3) is 5.91 Å². The Morgan fingerprint density at radius 1 is 1.11 bits per heavy atom. The third kappa shape index (κ3) is 3.11. The maximum absolute atomic E-state index is 13.1. The SMILES string of the molecule is NS(=O)(=O)[C@@H]1CCCN(C(=O)c2cccc3c(=O)c4ccccc4[nH]c23)C1. The molecule has 0 aliphatic carbocycles. The molecule has 1 atom stereocenters. The summed E-state index contributed by atoms with van der Waals surface area (Å²) < 4.78 is 23.4. The number of H-pyrrole nitrogens is 1. The van der Waals surface area contributed by atoms with Crippen molar-refractivity contribution in [2.75, 3.05) is 13.1 Å². The maximum atomic E-state index is 13.1. The van der Waals surface area contributed by atoms with Crippen LogP contribution in [0.5, 0.6) is 0 Å². The second kappa shape index (κ2) is 6.47. The van der Waals surface area contributed by atoms with Crippen LogP contribution in [-0.2, 0) is 10.0 Å². The van der Waals surface area contributed by atoms with Crippen molar-refractivity contribution in [2.24, 2.45) is 5.14 Å². The van der Waals surface area contributed by atoms with Crippen LogP contribution in [0.25, 0.3) is 21.8 Å². The van der Waals surface area contributed by atoms with Crippen molar-refractivity contribution in [3.05, 3.63) is 58.3 Å². The molecule has 140 valence electrons. The Morgan fingerprint density at radius 3 is 2.63 bits per heavy atom. The van der Waals surface area contributed by atoms with Gasteiger partial charge in [-0.3, -0.25) is 9.59 Å². The zero-order chi connectivity index (χ0) is 19.2. The number of nitrogens with two attached hydrogens (primary N) is 1. The number of sulfonamides is 1. The summed E-state index contributed by atoms with van der Waals surface area (Å²) in [5.74, 6) is -0.306. The number of aromatic amines is 1. The van der Waals surface area contributed by atoms with Gasteiger partial charge in [-0.05, 0) is 37.1 Å². The van der Waals surface area contributed by atoms with E-state index in [0.29, 0.717) is 46.8 Å². The van der Waals surface area contributed by atoms with Crippen LogP contribution in [0.2, 0.25) is 0 Å². The van der Waals surface area contributed by atoms with Gasteiger partial charge in [0.05, 0.1) is 16.3 Å². The standard InChI is InChI=1S/C19H19N3O4S/c20-27(25,26)12-5-4-10-22(11-12)19(24)15-8-3-7-14-17(15)21-16-9-2-1-6-13(16)18(14)23/h1-3,6-9,12H,4-5,10-11H2,(H,21,23)(H2,20,25,26)/t12-/m1/s1. The van der Waals surface area contributed by atoms with E-state index in [9.17, 15) is 18.0 Å². The molecule has 0 spiro atoms. The topological polar surface area (TPSA) is 113 Å². The van der Waals surface area contributed by atoms with Gasteiger partial charge >= 0.3 is 0 Å². The number of carbonyl (C=O) groups is 1. The summed E-state index contributed by atoms with van der Waals surface area (Å²) in [5, 5.41) is 5.50. The molecule has 2 aromatic carbocycles. The van der Waals surface area contributed by atoms with Crippen LogP contribution in [0, 0.1) is 0 Å². The number of fused-ring (bicyclic) bond motifs is 2. The Morgan fingerprint density at radius 2 is 1.85 bits per heavy atom. The molecule has 1 aliphatic rings. The first-order valence-electron chi connectivity index (χ1n) is 8.71. The van der Waals surface area contributed by atoms with Gasteiger partial charge in [0, 0.05) is 29.4 Å². The van der Waals surface area contributed by atoms with Crippen LogP contribution in [0.4, 0.5) is 0 Å². The monoisotopic (exact) mass is 385 g/mol. The lowest BCUT2D eigenvalue weighted by atomic mass is 10.0. The van der Waals surface area contributed by atoms with Crippen molar-refractivity contribution in [1.82, 2.24) is 9.88 Å². The third-order valence-corrected chi connectivity index (χ3v) is 6.41. The van der Waals surface area contributed by atoms with Gasteiger partial charge in [-0.1, -0.05) is 18.2 Å². The van der Waals surface area contributed by atoms with Gasteiger partial charge in [-0.2, -0.15) is 0 Å². The lowest BCUT2D eigenvalue weighted by Gasteiger charge is -2.31. The third-order valence-electron chi connectivity index (χ3n) is 5.10. The van der Waals surface area contributed by atoms with E-state index < -0.39 is 15.3 Å². The zero-order valence-electron chi connectivity index (χ0n) is 14.5. The molecule has 1 amide bonds. The second-order valence-electron chi connectivity index (χ2n) is 6.83. The molecule has 3 aromatic rings. The van der Waals surface area contributed by atoms with E-state index in [0.717, 1.165) is 0 Å². The van der Waals surface area contributed by atoms with Crippen LogP contribution in [0.15, 0.2) is 47.3 Å². The lowest BCUT2D eigenvalue weighted by Crippen LogP contribution is -2.47. The Hall–Kier alpha value is -2.71. The van der Waals surface area contributed by atoms with E-state index in [1.165, 1.54) is 4.90 Å². The number of aromatic nitrogens is 1. The number of amides is 1. The fourth-order valence-corrected chi connectivity index (χ4v) is 4.57. The van der Waals surface area contributed by atoms with Crippen LogP contribution >= 0.6 is 0 Å². The molecular formula is C19H19N3O4S. The summed E-state index contributed by atoms with van der Waals surface area (Å²) in [4.78, 5) is 30.6. The first-order chi connectivity index (χ1) is 12.9. The normalized spacial score (nSPS) is 18.1. The molecule has 4 rings (SSSR count). The fourth-order valence-electron chi connectivity index (χ4n) is 3.69. The van der Waals surface area contributed by atoms with E-state index in [1.807, 2.05) is 6.07 Å². The predicted molar refractivity (Wildman–Crippen MR) is 104 cm³/mol. The van der Waals surface area contributed by atoms with Crippen molar-refractivity contribution in [3.63, 3.8) is 0 Å². The highest BCUT2D eigenvalue weighted by molar-refractivity contribution is 7.89. The number of piperidine rings is 1. The highest BCUT2D eigenvalue weighted by Crippen LogP contribution is 2.22. The molecule has 0 saturated carbocycles. The van der Waals surface area contributed by atoms with E-state index in [2.05, 4.69) is 4.98 Å². The summed E-state index contributed by atoms with van der Waals surface area (Å²) in [6, 6.07) is 12.1. The van der Waals surface area contributed by atoms with Crippen LogP contribution in [-0.4, -0.2) is 42.5 Å². The quantitative estimate of drug-likeness (QED) is 0.652. The Bertz CT molecular complexity index is 1220. The smallest absolute Gasteiger partial charge is 0.256 e. The van der Waals surface area contributed by atoms with E-state index in [-0.39, 0.29) is 17.9 Å². The molecule has 2 heterocycles. The average Bonchev–Trinajstić information content (AvgIpc) is 2.67. The summed E-state index contributed by atoms with van der Waals surface area (Å²) in [7, 11) is -3.70. The molecule has 8 heteroatoms. The zero-order valence-corrected chi connectivity index (χ0v) is 15.3. The number of para-hydroxylation sites is 2. The molecule has 27 heavy (non-hydrogen) atoms. The molecule has 0 radical (unpaired) electrons. The molecule has 1 aromatic heterocycles. The number of hydrogen-bond donors (Lipinski definition) is 2. The van der Waals surface area contributed by atoms with Gasteiger partial charge in [0.15, 0.2) is 5.43 Å². The maximum Gasteiger partial charge on any atom is 0.256 e. The number of likely N-dealkylation sites (tertiary alicyclic amines) is 1. The molecule has 0 unspecified atom stereocenters. The number of pyridine rings is 1. The minimum atomic E-state index is -3.70. The van der Waals surface area contributed by atoms with Crippen LogP contribution < -0.4 is 10.6 Å². The highest BCUT2D eigenvalue weighted by atomic mass is 32.2. The lowest BCUT2D eigenvalue weighted by molar-refractivity contribution is 0.0729. The molecule has 1 saturated heterocycles. The molecule has 7 nitrogen and oxygen atoms in total. The molecule has 1 aliphatic heterocycles. The van der Waals surface area contributed by atoms with Crippen molar-refractivity contribution in [3.8, 4) is 0 Å². The van der Waals surface area contributed by atoms with Gasteiger partial charge in [0.1, 0.15) is 0 Å². The van der Waals surface area contributed by atoms with Gasteiger partial charge in [-0.25, -0.2) is 13.6 Å². The average molecular weight is 385 g/mol. The van der Waals surface area contributed by atoms with Crippen LogP contribution in [0.3, 0.4) is 0 Å². The number of benzene rings is 2. The first-order valence-corrected chi connectivity index (χ1v) is 10.3. The Labute approximate surface area is 155 Å². The van der Waals surface area contributed by atoms with Crippen LogP contribution in [0.1, 0.15) is 23.2 Å². The molecule has 3 N–H and O–H groups in total. The number of nitrogens with zero attached hydrogens (tertiary/aromatic N) is 1. The summed E-state index contributed by atoms with van der Waals surface area (Å²) in [6.45, 7) is 0.519. The van der Waals surface area contributed by atoms with Gasteiger partial charge < -0.3 is 9.88 Å². The number of rotatable bonds is 2. The van der Waals surface area contributed by atoms with Gasteiger partial charge in [0.2, 0.25) is 10.0 Å². The Balaban J connectivity index is 1.82. The van der Waals surface area contributed by atoms with Crippen molar-refractivity contribution in [1.29, 1.82) is 0 Å². The van der Waals surface area contributed by atoms with E-state index in [4.69, 9.17) is 5.14 Å². The number of carbonyl (C=O) groups excluding carboxylic acids is 1. The van der Waals surface area contributed by atoms with Gasteiger partial charge in [-0.15, -0.1) is 0 Å². The fraction of sp³-hybridized carbons (Fsp3) is 0.263. The van der Waals surface area contributed by atoms with Crippen molar-refractivity contribution >= 4 is 37.7 Å². The number of nitrogens with one attached hydrogen (secondary N) is 1. The van der Waals surface area contributed by atoms with E-state index in [1.54, 1.807) is 36.4 Å². The molecule has 0 bridgehead atoms. The summed E-state index contributed by atoms with van der Waals surface area (Å²) in [5.41, 5.74) is 1.32. The second-order valence-corrected chi connectivity index (χ2v) is 8.68. The number of hydrogen-bond acceptors (Lipinski definition) is 4. The summed E-state index contributed by atoms with van der Waals surface area (Å²) in [6.07, 6.45) is 1.01. The van der Waals surface area contributed by atoms with Crippen molar-refractivity contribution < 1.29 is 13.2 Å². The van der Waals surface area contributed by atoms with E-state index >= 15 is 0 Å². The molecule has 1 fully saturated rings. The number of primary sulfonamides is 1. The summed E-state index contributed by atoms with van der Waals surface area (Å²) >= 11 is 0. The largest absolute Gasteiger partial charge is 0.354 e. The van der Waals surface area contributed by atoms with Crippen molar-refractivity contribution in [2.45, 2.75) is 18.1 Å². The highest BCUT2D eigenvalue weighted by Gasteiger charge is 2.31. The minimum Gasteiger partial charge on any atom is -0.354 e. The molecular weight excluding hydrogens is 366 g/mol. The first kappa shape index (κ1) is 17.7. The Kier molecular flexibility index (Phi) is 4.24. The minimum absolute atomic E-state index is 0.0614.